The quantitative estimate of drug-likeness (QED) is 0.784. The van der Waals surface area contributed by atoms with Gasteiger partial charge in [0, 0.05) is 11.6 Å². The Kier molecular flexibility index (Phi) is 4.42. The Balaban J connectivity index is 1.97. The first-order valence-corrected chi connectivity index (χ1v) is 7.60. The van der Waals surface area contributed by atoms with Crippen molar-refractivity contribution < 1.29 is 23.7 Å². The largest absolute Gasteiger partial charge is 0.494 e. The standard InChI is InChI=1S/C19H18O5/c1-4-23-13-8-9-14-16(11-13)24-17(18(14)20)10-12-6-5-7-15(21-2)19(12)22-3/h5-11H,4H2,1-3H3/b17-10-. The molecule has 0 radical (unpaired) electrons. The van der Waals surface area contributed by atoms with E-state index in [1.54, 1.807) is 44.6 Å². The first-order chi connectivity index (χ1) is 11.7. The van der Waals surface area contributed by atoms with Crippen molar-refractivity contribution in [3.8, 4) is 23.0 Å². The lowest BCUT2D eigenvalue weighted by Crippen LogP contribution is -1.99. The molecular formula is C19H18O5. The number of hydrogen-bond donors (Lipinski definition) is 0. The number of para-hydroxylation sites is 1. The third-order valence-electron chi connectivity index (χ3n) is 3.67. The van der Waals surface area contributed by atoms with Gasteiger partial charge in [-0.2, -0.15) is 0 Å². The van der Waals surface area contributed by atoms with Gasteiger partial charge in [-0.15, -0.1) is 0 Å². The average molecular weight is 326 g/mol. The smallest absolute Gasteiger partial charge is 0.231 e. The second-order valence-electron chi connectivity index (χ2n) is 5.11. The van der Waals surface area contributed by atoms with E-state index < -0.39 is 0 Å². The molecule has 0 unspecified atom stereocenters. The Labute approximate surface area is 140 Å². The average Bonchev–Trinajstić information content (AvgIpc) is 2.90. The molecule has 3 rings (SSSR count). The Morgan fingerprint density at radius 3 is 2.67 bits per heavy atom. The Morgan fingerprint density at radius 1 is 1.12 bits per heavy atom. The summed E-state index contributed by atoms with van der Waals surface area (Å²) in [5, 5.41) is 0. The Bertz CT molecular complexity index is 807. The molecule has 2 aromatic carbocycles. The van der Waals surface area contributed by atoms with Gasteiger partial charge in [0.2, 0.25) is 5.78 Å². The van der Waals surface area contributed by atoms with Gasteiger partial charge in [-0.1, -0.05) is 12.1 Å². The van der Waals surface area contributed by atoms with Gasteiger partial charge < -0.3 is 18.9 Å². The number of carbonyl (C=O) groups is 1. The maximum Gasteiger partial charge on any atom is 0.231 e. The molecule has 5 heteroatoms. The number of hydrogen-bond acceptors (Lipinski definition) is 5. The highest BCUT2D eigenvalue weighted by molar-refractivity contribution is 6.14. The number of methoxy groups -OCH3 is 2. The molecule has 0 spiro atoms. The summed E-state index contributed by atoms with van der Waals surface area (Å²) >= 11 is 0. The highest BCUT2D eigenvalue weighted by Crippen LogP contribution is 2.37. The van der Waals surface area contributed by atoms with E-state index in [2.05, 4.69) is 0 Å². The first-order valence-electron chi connectivity index (χ1n) is 7.60. The zero-order valence-electron chi connectivity index (χ0n) is 13.8. The van der Waals surface area contributed by atoms with Crippen LogP contribution in [0, 0.1) is 0 Å². The third-order valence-corrected chi connectivity index (χ3v) is 3.67. The fraction of sp³-hybridized carbons (Fsp3) is 0.211. The van der Waals surface area contributed by atoms with E-state index in [0.29, 0.717) is 40.7 Å². The molecule has 124 valence electrons. The van der Waals surface area contributed by atoms with Gasteiger partial charge in [0.05, 0.1) is 26.4 Å². The summed E-state index contributed by atoms with van der Waals surface area (Å²) < 4.78 is 21.8. The summed E-state index contributed by atoms with van der Waals surface area (Å²) in [5.41, 5.74) is 1.23. The van der Waals surface area contributed by atoms with Gasteiger partial charge >= 0.3 is 0 Å². The number of carbonyl (C=O) groups excluding carboxylic acids is 1. The first kappa shape index (κ1) is 15.9. The van der Waals surface area contributed by atoms with Crippen LogP contribution in [0.25, 0.3) is 6.08 Å². The number of Topliss-reactive ketones (excluding diaryl/α,β-unsaturated/α-hetero) is 1. The van der Waals surface area contributed by atoms with Crippen molar-refractivity contribution >= 4 is 11.9 Å². The van der Waals surface area contributed by atoms with Crippen LogP contribution in [0.4, 0.5) is 0 Å². The lowest BCUT2D eigenvalue weighted by atomic mass is 10.1. The lowest BCUT2D eigenvalue weighted by Gasteiger charge is -2.10. The Morgan fingerprint density at radius 2 is 1.96 bits per heavy atom. The van der Waals surface area contributed by atoms with E-state index in [-0.39, 0.29) is 11.5 Å². The van der Waals surface area contributed by atoms with Crippen LogP contribution in [-0.4, -0.2) is 26.6 Å². The van der Waals surface area contributed by atoms with Crippen molar-refractivity contribution in [3.05, 3.63) is 53.3 Å². The van der Waals surface area contributed by atoms with Crippen LogP contribution in [0.3, 0.4) is 0 Å². The second-order valence-corrected chi connectivity index (χ2v) is 5.11. The maximum absolute atomic E-state index is 12.5. The van der Waals surface area contributed by atoms with Crippen molar-refractivity contribution in [3.63, 3.8) is 0 Å². The number of fused-ring (bicyclic) bond motifs is 1. The molecule has 0 saturated carbocycles. The van der Waals surface area contributed by atoms with Crippen molar-refractivity contribution in [1.29, 1.82) is 0 Å². The van der Waals surface area contributed by atoms with Crippen LogP contribution in [-0.2, 0) is 0 Å². The molecule has 0 atom stereocenters. The van der Waals surface area contributed by atoms with Crippen LogP contribution in [0.2, 0.25) is 0 Å². The lowest BCUT2D eigenvalue weighted by molar-refractivity contribution is 0.101. The van der Waals surface area contributed by atoms with Crippen molar-refractivity contribution in [2.45, 2.75) is 6.92 Å². The van der Waals surface area contributed by atoms with Crippen LogP contribution >= 0.6 is 0 Å². The predicted molar refractivity (Wildman–Crippen MR) is 90.1 cm³/mol. The number of ether oxygens (including phenoxy) is 4. The van der Waals surface area contributed by atoms with Crippen molar-refractivity contribution in [2.24, 2.45) is 0 Å². The van der Waals surface area contributed by atoms with Gasteiger partial charge in [-0.25, -0.2) is 0 Å². The number of ketones is 1. The van der Waals surface area contributed by atoms with E-state index in [1.807, 2.05) is 19.1 Å². The molecule has 0 amide bonds. The molecule has 1 aliphatic heterocycles. The summed E-state index contributed by atoms with van der Waals surface area (Å²) in [4.78, 5) is 12.5. The number of benzene rings is 2. The fourth-order valence-electron chi connectivity index (χ4n) is 2.59. The summed E-state index contributed by atoms with van der Waals surface area (Å²) in [6.07, 6.45) is 1.66. The molecule has 0 bridgehead atoms. The number of allylic oxidation sites excluding steroid dienone is 1. The number of rotatable bonds is 5. The van der Waals surface area contributed by atoms with Gasteiger partial charge in [-0.05, 0) is 31.2 Å². The molecule has 0 fully saturated rings. The van der Waals surface area contributed by atoms with E-state index in [9.17, 15) is 4.79 Å². The normalized spacial score (nSPS) is 14.3. The molecule has 0 saturated heterocycles. The minimum atomic E-state index is -0.169. The molecule has 5 nitrogen and oxygen atoms in total. The summed E-state index contributed by atoms with van der Waals surface area (Å²) in [6, 6.07) is 10.7. The SMILES string of the molecule is CCOc1ccc2c(c1)O/C(=C\c1cccc(OC)c1OC)C2=O. The summed E-state index contributed by atoms with van der Waals surface area (Å²) in [6.45, 7) is 2.45. The summed E-state index contributed by atoms with van der Waals surface area (Å²) in [7, 11) is 3.12. The van der Waals surface area contributed by atoms with Gasteiger partial charge in [0.1, 0.15) is 11.5 Å². The molecule has 0 aromatic heterocycles. The molecule has 1 aliphatic rings. The van der Waals surface area contributed by atoms with Crippen molar-refractivity contribution in [1.82, 2.24) is 0 Å². The van der Waals surface area contributed by atoms with Crippen LogP contribution in [0.5, 0.6) is 23.0 Å². The minimum Gasteiger partial charge on any atom is -0.494 e. The van der Waals surface area contributed by atoms with E-state index in [0.717, 1.165) is 0 Å². The molecule has 0 aliphatic carbocycles. The van der Waals surface area contributed by atoms with E-state index in [1.165, 1.54) is 0 Å². The zero-order chi connectivity index (χ0) is 17.1. The molecule has 24 heavy (non-hydrogen) atoms. The molecular weight excluding hydrogens is 308 g/mol. The highest BCUT2D eigenvalue weighted by Gasteiger charge is 2.28. The topological polar surface area (TPSA) is 54.0 Å². The summed E-state index contributed by atoms with van der Waals surface area (Å²) in [5.74, 6) is 2.38. The van der Waals surface area contributed by atoms with Crippen molar-refractivity contribution in [2.75, 3.05) is 20.8 Å². The van der Waals surface area contributed by atoms with Crippen LogP contribution in [0.15, 0.2) is 42.2 Å². The highest BCUT2D eigenvalue weighted by atomic mass is 16.5. The predicted octanol–water partition coefficient (Wildman–Crippen LogP) is 3.72. The molecule has 1 heterocycles. The third kappa shape index (κ3) is 2.80. The zero-order valence-corrected chi connectivity index (χ0v) is 13.8. The van der Waals surface area contributed by atoms with Crippen LogP contribution in [0.1, 0.15) is 22.8 Å². The maximum atomic E-state index is 12.5. The Hall–Kier alpha value is -2.95. The van der Waals surface area contributed by atoms with E-state index in [4.69, 9.17) is 18.9 Å². The monoisotopic (exact) mass is 326 g/mol. The van der Waals surface area contributed by atoms with Gasteiger partial charge in [-0.3, -0.25) is 4.79 Å². The second kappa shape index (κ2) is 6.66. The fourth-order valence-corrected chi connectivity index (χ4v) is 2.59. The molecule has 0 N–H and O–H groups in total. The van der Waals surface area contributed by atoms with E-state index >= 15 is 0 Å². The molecule has 2 aromatic rings. The van der Waals surface area contributed by atoms with Gasteiger partial charge in [0.25, 0.3) is 0 Å². The minimum absolute atomic E-state index is 0.169. The van der Waals surface area contributed by atoms with Gasteiger partial charge in [0.15, 0.2) is 17.3 Å². The van der Waals surface area contributed by atoms with Crippen LogP contribution < -0.4 is 18.9 Å².